The fourth-order valence-electron chi connectivity index (χ4n) is 2.75. The third-order valence-electron chi connectivity index (χ3n) is 4.19. The van der Waals surface area contributed by atoms with E-state index in [4.69, 9.17) is 0 Å². The van der Waals surface area contributed by atoms with Crippen LogP contribution < -0.4 is 0 Å². The highest BCUT2D eigenvalue weighted by atomic mass is 32.2. The van der Waals surface area contributed by atoms with Crippen molar-refractivity contribution in [3.05, 3.63) is 18.2 Å². The van der Waals surface area contributed by atoms with E-state index < -0.39 is 15.6 Å². The van der Waals surface area contributed by atoms with Crippen LogP contribution in [0.4, 0.5) is 0 Å². The van der Waals surface area contributed by atoms with Gasteiger partial charge in [0.1, 0.15) is 11.6 Å². The van der Waals surface area contributed by atoms with Crippen LogP contribution in [0.15, 0.2) is 12.4 Å². The van der Waals surface area contributed by atoms with Crippen molar-refractivity contribution in [2.24, 2.45) is 7.05 Å². The Morgan fingerprint density at radius 1 is 1.36 bits per heavy atom. The van der Waals surface area contributed by atoms with E-state index in [0.717, 1.165) is 18.9 Å². The highest BCUT2D eigenvalue weighted by Gasteiger charge is 2.32. The maximum Gasteiger partial charge on any atom is 0.237 e. The molecule has 2 rings (SSSR count). The second-order valence-electron chi connectivity index (χ2n) is 5.56. The molecular weight excluding hydrogens is 304 g/mol. The van der Waals surface area contributed by atoms with Crippen LogP contribution in [0.1, 0.15) is 25.7 Å². The van der Waals surface area contributed by atoms with Crippen LogP contribution in [0.3, 0.4) is 0 Å². The Morgan fingerprint density at radius 2 is 2.09 bits per heavy atom. The number of piperazine rings is 1. The number of aryl methyl sites for hydroxylation is 1. The number of sulfone groups is 1. The summed E-state index contributed by atoms with van der Waals surface area (Å²) in [5.74, 6) is 0.189. The van der Waals surface area contributed by atoms with Gasteiger partial charge in [0.05, 0.1) is 6.04 Å². The zero-order valence-corrected chi connectivity index (χ0v) is 14.2. The van der Waals surface area contributed by atoms with E-state index in [9.17, 15) is 13.2 Å². The monoisotopic (exact) mass is 328 g/mol. The van der Waals surface area contributed by atoms with Gasteiger partial charge in [-0.15, -0.1) is 0 Å². The van der Waals surface area contributed by atoms with Crippen LogP contribution in [0.5, 0.6) is 0 Å². The Balaban J connectivity index is 2.14. The second-order valence-corrected chi connectivity index (χ2v) is 7.91. The number of hydrogen-bond donors (Lipinski definition) is 0. The molecule has 1 saturated heterocycles. The predicted molar refractivity (Wildman–Crippen MR) is 84.1 cm³/mol. The third kappa shape index (κ3) is 3.67. The van der Waals surface area contributed by atoms with Crippen molar-refractivity contribution in [2.45, 2.75) is 19.9 Å². The Labute approximate surface area is 131 Å². The summed E-state index contributed by atoms with van der Waals surface area (Å²) in [4.78, 5) is 20.6. The normalized spacial score (nSPS) is 20.3. The molecule has 7 nitrogen and oxygen atoms in total. The standard InChI is InChI=1S/C14H24N4O3S/c1-4-17-8-9-18(13(19)11-22(20,21)5-2)10-12(17)14-15-6-7-16(14)3/h6-7,12H,4-5,8-11H2,1-3H3/t12-/m1/s1. The van der Waals surface area contributed by atoms with Crippen molar-refractivity contribution >= 4 is 15.7 Å². The first-order valence-electron chi connectivity index (χ1n) is 7.57. The van der Waals surface area contributed by atoms with Gasteiger partial charge in [-0.1, -0.05) is 13.8 Å². The average molecular weight is 328 g/mol. The van der Waals surface area contributed by atoms with Gasteiger partial charge in [0.2, 0.25) is 5.91 Å². The van der Waals surface area contributed by atoms with Crippen molar-refractivity contribution in [2.75, 3.05) is 37.7 Å². The first kappa shape index (κ1) is 17.0. The van der Waals surface area contributed by atoms with Crippen molar-refractivity contribution in [1.82, 2.24) is 19.4 Å². The molecule has 2 heterocycles. The minimum absolute atomic E-state index is 0.00351. The molecule has 1 aromatic rings. The minimum atomic E-state index is -3.29. The molecule has 1 atom stereocenters. The fraction of sp³-hybridized carbons (Fsp3) is 0.714. The molecule has 0 saturated carbocycles. The van der Waals surface area contributed by atoms with Crippen molar-refractivity contribution in [1.29, 1.82) is 0 Å². The maximum atomic E-state index is 12.3. The van der Waals surface area contributed by atoms with E-state index in [0.29, 0.717) is 13.1 Å². The van der Waals surface area contributed by atoms with Crippen LogP contribution in [0, 0.1) is 0 Å². The number of likely N-dealkylation sites (N-methyl/N-ethyl adjacent to an activating group) is 1. The number of imidazole rings is 1. The molecule has 1 aliphatic heterocycles. The average Bonchev–Trinajstić information content (AvgIpc) is 2.92. The van der Waals surface area contributed by atoms with Crippen LogP contribution in [0.2, 0.25) is 0 Å². The number of hydrogen-bond acceptors (Lipinski definition) is 5. The summed E-state index contributed by atoms with van der Waals surface area (Å²) in [7, 11) is -1.36. The highest BCUT2D eigenvalue weighted by Crippen LogP contribution is 2.23. The predicted octanol–water partition coefficient (Wildman–Crippen LogP) is 0.0600. The fourth-order valence-corrected chi connectivity index (χ4v) is 3.51. The SMILES string of the molecule is CCN1CCN(C(=O)CS(=O)(=O)CC)C[C@@H]1c1nccn1C. The summed E-state index contributed by atoms with van der Waals surface area (Å²) in [6.07, 6.45) is 3.62. The zero-order valence-electron chi connectivity index (χ0n) is 13.4. The first-order chi connectivity index (χ1) is 10.4. The van der Waals surface area contributed by atoms with Gasteiger partial charge in [-0.3, -0.25) is 9.69 Å². The summed E-state index contributed by atoms with van der Waals surface area (Å²) >= 11 is 0. The van der Waals surface area contributed by atoms with E-state index in [-0.39, 0.29) is 17.7 Å². The van der Waals surface area contributed by atoms with Crippen LogP contribution in [-0.4, -0.2) is 71.4 Å². The van der Waals surface area contributed by atoms with Crippen LogP contribution >= 0.6 is 0 Å². The van der Waals surface area contributed by atoms with E-state index in [1.165, 1.54) is 0 Å². The largest absolute Gasteiger partial charge is 0.338 e. The zero-order chi connectivity index (χ0) is 16.3. The number of amides is 1. The van der Waals surface area contributed by atoms with Crippen molar-refractivity contribution < 1.29 is 13.2 Å². The van der Waals surface area contributed by atoms with E-state index >= 15 is 0 Å². The van der Waals surface area contributed by atoms with Crippen LogP contribution in [-0.2, 0) is 21.7 Å². The minimum Gasteiger partial charge on any atom is -0.338 e. The molecule has 1 fully saturated rings. The van der Waals surface area contributed by atoms with Crippen LogP contribution in [0.25, 0.3) is 0 Å². The Bertz CT molecular complexity index is 626. The van der Waals surface area contributed by atoms with Gasteiger partial charge in [0, 0.05) is 44.8 Å². The van der Waals surface area contributed by atoms with Gasteiger partial charge >= 0.3 is 0 Å². The molecule has 0 radical (unpaired) electrons. The van der Waals surface area contributed by atoms with E-state index in [1.54, 1.807) is 18.0 Å². The number of carbonyl (C=O) groups is 1. The molecule has 0 unspecified atom stereocenters. The summed E-state index contributed by atoms with van der Waals surface area (Å²) in [5.41, 5.74) is 0. The number of nitrogens with zero attached hydrogens (tertiary/aromatic N) is 4. The number of aromatic nitrogens is 2. The lowest BCUT2D eigenvalue weighted by atomic mass is 10.1. The number of carbonyl (C=O) groups excluding carboxylic acids is 1. The van der Waals surface area contributed by atoms with Gasteiger partial charge in [-0.2, -0.15) is 0 Å². The van der Waals surface area contributed by atoms with Gasteiger partial charge in [0.15, 0.2) is 9.84 Å². The first-order valence-corrected chi connectivity index (χ1v) is 9.39. The van der Waals surface area contributed by atoms with E-state index in [1.807, 2.05) is 17.8 Å². The molecule has 0 N–H and O–H groups in total. The lowest BCUT2D eigenvalue weighted by molar-refractivity contribution is -0.131. The topological polar surface area (TPSA) is 75.5 Å². The molecule has 1 amide bonds. The maximum absolute atomic E-state index is 12.3. The Morgan fingerprint density at radius 3 is 2.64 bits per heavy atom. The van der Waals surface area contributed by atoms with E-state index in [2.05, 4.69) is 16.8 Å². The smallest absolute Gasteiger partial charge is 0.237 e. The molecule has 0 aliphatic carbocycles. The summed E-state index contributed by atoms with van der Waals surface area (Å²) in [6, 6.07) is 0.00651. The molecular formula is C14H24N4O3S. The molecule has 8 heteroatoms. The summed E-state index contributed by atoms with van der Waals surface area (Å²) < 4.78 is 25.3. The molecule has 1 aliphatic rings. The molecule has 0 aromatic carbocycles. The summed E-state index contributed by atoms with van der Waals surface area (Å²) in [5, 5.41) is 0. The van der Waals surface area contributed by atoms with Gasteiger partial charge < -0.3 is 9.47 Å². The molecule has 0 spiro atoms. The van der Waals surface area contributed by atoms with Gasteiger partial charge in [-0.05, 0) is 6.54 Å². The highest BCUT2D eigenvalue weighted by molar-refractivity contribution is 7.92. The van der Waals surface area contributed by atoms with Crippen molar-refractivity contribution in [3.8, 4) is 0 Å². The van der Waals surface area contributed by atoms with Crippen molar-refractivity contribution in [3.63, 3.8) is 0 Å². The molecule has 0 bridgehead atoms. The third-order valence-corrected chi connectivity index (χ3v) is 5.76. The van der Waals surface area contributed by atoms with Gasteiger partial charge in [0.25, 0.3) is 0 Å². The number of rotatable bonds is 5. The lowest BCUT2D eigenvalue weighted by Gasteiger charge is -2.40. The molecule has 22 heavy (non-hydrogen) atoms. The molecule has 124 valence electrons. The lowest BCUT2D eigenvalue weighted by Crippen LogP contribution is -2.52. The Kier molecular flexibility index (Phi) is 5.23. The molecule has 1 aromatic heterocycles. The second kappa shape index (κ2) is 6.78. The summed E-state index contributed by atoms with van der Waals surface area (Å²) in [6.45, 7) is 6.28. The van der Waals surface area contributed by atoms with Gasteiger partial charge in [-0.25, -0.2) is 13.4 Å². The quantitative estimate of drug-likeness (QED) is 0.764. The Hall–Kier alpha value is -1.41.